The molecule has 4 heteroatoms. The van der Waals surface area contributed by atoms with E-state index in [2.05, 4.69) is 4.74 Å². The van der Waals surface area contributed by atoms with Gasteiger partial charge in [-0.15, -0.1) is 0 Å². The normalized spacial score (nSPS) is 24.1. The molecule has 1 fully saturated rings. The highest BCUT2D eigenvalue weighted by molar-refractivity contribution is 5.82. The minimum absolute atomic E-state index is 0.0833. The van der Waals surface area contributed by atoms with Gasteiger partial charge < -0.3 is 4.74 Å². The molecule has 0 aromatic carbocycles. The first-order chi connectivity index (χ1) is 5.16. The van der Waals surface area contributed by atoms with Crippen LogP contribution in [0.5, 0.6) is 0 Å². The lowest BCUT2D eigenvalue weighted by molar-refractivity contribution is -0.116. The molecule has 1 aliphatic heterocycles. The molecule has 1 heterocycles. The van der Waals surface area contributed by atoms with E-state index in [1.165, 1.54) is 0 Å². The Labute approximate surface area is 65.1 Å². The molecule has 0 aliphatic carbocycles. The fourth-order valence-corrected chi connectivity index (χ4v) is 1.08. The van der Waals surface area contributed by atoms with Crippen molar-refractivity contribution < 1.29 is 14.3 Å². The van der Waals surface area contributed by atoms with Crippen molar-refractivity contribution in [3.05, 3.63) is 0 Å². The third kappa shape index (κ3) is 1.34. The molecule has 4 nitrogen and oxygen atoms in total. The van der Waals surface area contributed by atoms with Gasteiger partial charge in [-0.25, -0.2) is 9.69 Å². The summed E-state index contributed by atoms with van der Waals surface area (Å²) in [5, 5.41) is 0. The van der Waals surface area contributed by atoms with Crippen LogP contribution in [0.2, 0.25) is 0 Å². The molecule has 0 unspecified atom stereocenters. The molecule has 2 amide bonds. The first-order valence-corrected chi connectivity index (χ1v) is 3.57. The molecular weight excluding hydrogens is 146 g/mol. The second kappa shape index (κ2) is 2.90. The maximum Gasteiger partial charge on any atom is 0.416 e. The van der Waals surface area contributed by atoms with Crippen molar-refractivity contribution in [1.29, 1.82) is 0 Å². The fraction of sp³-hybridized carbons (Fsp3) is 0.714. The lowest BCUT2D eigenvalue weighted by atomic mass is 10.1. The summed E-state index contributed by atoms with van der Waals surface area (Å²) in [5.41, 5.74) is 0. The number of amides is 2. The van der Waals surface area contributed by atoms with E-state index in [0.717, 1.165) is 4.90 Å². The van der Waals surface area contributed by atoms with Crippen LogP contribution in [0, 0.1) is 5.92 Å². The zero-order valence-electron chi connectivity index (χ0n) is 6.61. The fourth-order valence-electron chi connectivity index (χ4n) is 1.08. The highest BCUT2D eigenvalue weighted by Gasteiger charge is 2.34. The highest BCUT2D eigenvalue weighted by Crippen LogP contribution is 2.16. The average molecular weight is 157 g/mol. The molecule has 0 bridgehead atoms. The van der Waals surface area contributed by atoms with Gasteiger partial charge in [0, 0.05) is 0 Å². The van der Waals surface area contributed by atoms with Gasteiger partial charge in [-0.2, -0.15) is 0 Å². The molecule has 11 heavy (non-hydrogen) atoms. The zero-order chi connectivity index (χ0) is 8.43. The Morgan fingerprint density at radius 2 is 2.36 bits per heavy atom. The van der Waals surface area contributed by atoms with Gasteiger partial charge in [0.2, 0.25) is 6.41 Å². The summed E-state index contributed by atoms with van der Waals surface area (Å²) in [6.45, 7) is 4.22. The summed E-state index contributed by atoms with van der Waals surface area (Å²) < 4.78 is 4.69. The van der Waals surface area contributed by atoms with E-state index in [1.807, 2.05) is 13.8 Å². The van der Waals surface area contributed by atoms with Gasteiger partial charge in [-0.1, -0.05) is 13.8 Å². The Hall–Kier alpha value is -1.06. The SMILES string of the molecule is CC(C)[C@H]1COC(=O)N1C=O. The highest BCUT2D eigenvalue weighted by atomic mass is 16.6. The first kappa shape index (κ1) is 8.04. The third-order valence-electron chi connectivity index (χ3n) is 1.83. The van der Waals surface area contributed by atoms with Crippen molar-refractivity contribution in [1.82, 2.24) is 4.90 Å². The topological polar surface area (TPSA) is 46.6 Å². The molecule has 0 aromatic heterocycles. The van der Waals surface area contributed by atoms with Gasteiger partial charge in [0.15, 0.2) is 0 Å². The van der Waals surface area contributed by atoms with Gasteiger partial charge in [0.05, 0.1) is 6.04 Å². The van der Waals surface area contributed by atoms with Gasteiger partial charge in [0.25, 0.3) is 0 Å². The Bertz CT molecular complexity index is 179. The van der Waals surface area contributed by atoms with Crippen LogP contribution >= 0.6 is 0 Å². The predicted molar refractivity (Wildman–Crippen MR) is 37.9 cm³/mol. The van der Waals surface area contributed by atoms with Crippen LogP contribution < -0.4 is 0 Å². The molecule has 0 spiro atoms. The van der Waals surface area contributed by atoms with Crippen LogP contribution in [0.15, 0.2) is 0 Å². The number of carbonyl (C=O) groups excluding carboxylic acids is 2. The minimum atomic E-state index is -0.529. The zero-order valence-corrected chi connectivity index (χ0v) is 6.61. The number of ether oxygens (including phenoxy) is 1. The number of cyclic esters (lactones) is 1. The standard InChI is InChI=1S/C7H11NO3/c1-5(2)6-3-11-7(10)8(6)4-9/h4-6H,3H2,1-2H3/t6-/m1/s1. The second-order valence-corrected chi connectivity index (χ2v) is 2.90. The number of rotatable bonds is 2. The Kier molecular flexibility index (Phi) is 2.12. The molecule has 0 aromatic rings. The minimum Gasteiger partial charge on any atom is -0.447 e. The van der Waals surface area contributed by atoms with Gasteiger partial charge in [0.1, 0.15) is 6.61 Å². The van der Waals surface area contributed by atoms with Crippen LogP contribution in [-0.2, 0) is 9.53 Å². The molecule has 62 valence electrons. The number of hydrogen-bond acceptors (Lipinski definition) is 3. The summed E-state index contributed by atoms with van der Waals surface area (Å²) in [4.78, 5) is 22.3. The van der Waals surface area contributed by atoms with E-state index >= 15 is 0 Å². The number of nitrogens with zero attached hydrogens (tertiary/aromatic N) is 1. The number of imide groups is 1. The van der Waals surface area contributed by atoms with Gasteiger partial charge >= 0.3 is 6.09 Å². The smallest absolute Gasteiger partial charge is 0.416 e. The van der Waals surface area contributed by atoms with Crippen LogP contribution in [0.3, 0.4) is 0 Å². The van der Waals surface area contributed by atoms with Gasteiger partial charge in [-0.05, 0) is 5.92 Å². The summed E-state index contributed by atoms with van der Waals surface area (Å²) in [6, 6.07) is -0.0833. The number of hydrogen-bond donors (Lipinski definition) is 0. The number of carbonyl (C=O) groups is 2. The molecule has 0 N–H and O–H groups in total. The lowest BCUT2D eigenvalue weighted by Gasteiger charge is -2.17. The van der Waals surface area contributed by atoms with E-state index in [4.69, 9.17) is 0 Å². The van der Waals surface area contributed by atoms with Crippen LogP contribution in [0.1, 0.15) is 13.8 Å². The first-order valence-electron chi connectivity index (χ1n) is 3.57. The van der Waals surface area contributed by atoms with Gasteiger partial charge in [-0.3, -0.25) is 4.79 Å². The molecular formula is C7H11NO3. The second-order valence-electron chi connectivity index (χ2n) is 2.90. The third-order valence-corrected chi connectivity index (χ3v) is 1.83. The van der Waals surface area contributed by atoms with E-state index in [-0.39, 0.29) is 12.0 Å². The maximum absolute atomic E-state index is 10.8. The van der Waals surface area contributed by atoms with Crippen molar-refractivity contribution in [2.24, 2.45) is 5.92 Å². The Balaban J connectivity index is 2.68. The van der Waals surface area contributed by atoms with Crippen molar-refractivity contribution in [2.75, 3.05) is 6.61 Å². The molecule has 0 saturated carbocycles. The largest absolute Gasteiger partial charge is 0.447 e. The molecule has 1 atom stereocenters. The summed E-state index contributed by atoms with van der Waals surface area (Å²) in [5.74, 6) is 0.256. The molecule has 1 aliphatic rings. The van der Waals surface area contributed by atoms with Crippen molar-refractivity contribution >= 4 is 12.5 Å². The molecule has 0 radical (unpaired) electrons. The monoisotopic (exact) mass is 157 g/mol. The van der Waals surface area contributed by atoms with Crippen molar-refractivity contribution in [2.45, 2.75) is 19.9 Å². The van der Waals surface area contributed by atoms with Crippen molar-refractivity contribution in [3.8, 4) is 0 Å². The van der Waals surface area contributed by atoms with E-state index < -0.39 is 6.09 Å². The molecule has 1 rings (SSSR count). The van der Waals surface area contributed by atoms with E-state index in [0.29, 0.717) is 13.0 Å². The quantitative estimate of drug-likeness (QED) is 0.552. The van der Waals surface area contributed by atoms with Crippen molar-refractivity contribution in [3.63, 3.8) is 0 Å². The summed E-state index contributed by atoms with van der Waals surface area (Å²) in [6.07, 6.45) is -0.00120. The van der Waals surface area contributed by atoms with Crippen LogP contribution in [0.4, 0.5) is 4.79 Å². The van der Waals surface area contributed by atoms with E-state index in [1.54, 1.807) is 0 Å². The molecule has 1 saturated heterocycles. The van der Waals surface area contributed by atoms with E-state index in [9.17, 15) is 9.59 Å². The van der Waals surface area contributed by atoms with Crippen LogP contribution in [-0.4, -0.2) is 30.1 Å². The Morgan fingerprint density at radius 1 is 1.73 bits per heavy atom. The summed E-state index contributed by atoms with van der Waals surface area (Å²) >= 11 is 0. The maximum atomic E-state index is 10.8. The van der Waals surface area contributed by atoms with Crippen LogP contribution in [0.25, 0.3) is 0 Å². The lowest BCUT2D eigenvalue weighted by Crippen LogP contribution is -2.35. The average Bonchev–Trinajstić information content (AvgIpc) is 2.30. The summed E-state index contributed by atoms with van der Waals surface area (Å²) in [7, 11) is 0. The Morgan fingerprint density at radius 3 is 2.73 bits per heavy atom. The predicted octanol–water partition coefficient (Wildman–Crippen LogP) is 0.620.